The number of unbranched alkanes of at least 4 members (excludes halogenated alkanes) is 3. The maximum absolute atomic E-state index is 12.0. The van der Waals surface area contributed by atoms with Crippen LogP contribution in [-0.4, -0.2) is 47.9 Å². The molecule has 1 rings (SSSR count). The maximum atomic E-state index is 12.0. The summed E-state index contributed by atoms with van der Waals surface area (Å²) in [6.07, 6.45) is 8.10. The molecule has 5 heteroatoms. The third-order valence-electron chi connectivity index (χ3n) is 3.36. The molecule has 1 unspecified atom stereocenters. The van der Waals surface area contributed by atoms with Crippen molar-refractivity contribution in [3.05, 3.63) is 0 Å². The van der Waals surface area contributed by atoms with Crippen LogP contribution >= 0.6 is 11.8 Å². The Balaban J connectivity index is 2.13. The lowest BCUT2D eigenvalue weighted by Crippen LogP contribution is -2.39. The van der Waals surface area contributed by atoms with Crippen LogP contribution in [0.5, 0.6) is 0 Å². The van der Waals surface area contributed by atoms with E-state index in [0.717, 1.165) is 19.4 Å². The van der Waals surface area contributed by atoms with Crippen LogP contribution in [0.2, 0.25) is 0 Å². The van der Waals surface area contributed by atoms with Gasteiger partial charge in [-0.25, -0.2) is 0 Å². The second-order valence-electron chi connectivity index (χ2n) is 5.00. The van der Waals surface area contributed by atoms with Gasteiger partial charge in [-0.05, 0) is 37.8 Å². The number of rotatable bonds is 10. The third kappa shape index (κ3) is 5.53. The molecular weight excluding hydrogens is 260 g/mol. The predicted molar refractivity (Wildman–Crippen MR) is 80.3 cm³/mol. The third-order valence-corrected chi connectivity index (χ3v) is 4.05. The summed E-state index contributed by atoms with van der Waals surface area (Å²) < 4.78 is 0. The number of carbonyl (C=O) groups is 2. The molecule has 1 aliphatic heterocycles. The van der Waals surface area contributed by atoms with Crippen molar-refractivity contribution >= 4 is 23.6 Å². The summed E-state index contributed by atoms with van der Waals surface area (Å²) in [7, 11) is 0. The van der Waals surface area contributed by atoms with Gasteiger partial charge < -0.3 is 5.32 Å². The highest BCUT2D eigenvalue weighted by atomic mass is 32.2. The van der Waals surface area contributed by atoms with E-state index in [0.29, 0.717) is 13.0 Å². The average Bonchev–Trinajstić information content (AvgIpc) is 2.66. The van der Waals surface area contributed by atoms with Gasteiger partial charge in [0.05, 0.1) is 12.5 Å². The number of likely N-dealkylation sites (tertiary alicyclic amines) is 1. The monoisotopic (exact) mass is 286 g/mol. The lowest BCUT2D eigenvalue weighted by Gasteiger charge is -2.14. The maximum Gasteiger partial charge on any atom is 0.246 e. The van der Waals surface area contributed by atoms with E-state index in [2.05, 4.69) is 11.6 Å². The van der Waals surface area contributed by atoms with Crippen LogP contribution in [-0.2, 0) is 9.59 Å². The number of hydrogen-bond acceptors (Lipinski definition) is 4. The number of hydrogen-bond donors (Lipinski definition) is 1. The van der Waals surface area contributed by atoms with Gasteiger partial charge in [0, 0.05) is 6.54 Å². The number of carbonyl (C=O) groups excluding carboxylic acids is 2. The van der Waals surface area contributed by atoms with Gasteiger partial charge in [-0.15, -0.1) is 0 Å². The van der Waals surface area contributed by atoms with Gasteiger partial charge >= 0.3 is 0 Å². The lowest BCUT2D eigenvalue weighted by molar-refractivity contribution is -0.138. The van der Waals surface area contributed by atoms with Gasteiger partial charge in [0.15, 0.2) is 0 Å². The van der Waals surface area contributed by atoms with E-state index < -0.39 is 0 Å². The van der Waals surface area contributed by atoms with Crippen molar-refractivity contribution in [1.82, 2.24) is 10.2 Å². The zero-order valence-electron chi connectivity index (χ0n) is 12.1. The summed E-state index contributed by atoms with van der Waals surface area (Å²) in [5.74, 6) is 1.17. The van der Waals surface area contributed by atoms with Gasteiger partial charge in [0.2, 0.25) is 11.8 Å². The minimum atomic E-state index is -0.273. The van der Waals surface area contributed by atoms with Gasteiger partial charge in [0.25, 0.3) is 0 Å². The van der Waals surface area contributed by atoms with Crippen LogP contribution in [0.25, 0.3) is 0 Å². The molecule has 0 saturated carbocycles. The number of thioether (sulfide) groups is 1. The van der Waals surface area contributed by atoms with E-state index in [9.17, 15) is 9.59 Å². The van der Waals surface area contributed by atoms with Crippen molar-refractivity contribution in [2.75, 3.05) is 25.1 Å². The average molecular weight is 286 g/mol. The fourth-order valence-electron chi connectivity index (χ4n) is 2.30. The number of nitrogens with zero attached hydrogens (tertiary/aromatic N) is 1. The predicted octanol–water partition coefficient (Wildman–Crippen LogP) is 2.04. The highest BCUT2D eigenvalue weighted by molar-refractivity contribution is 7.98. The molecule has 110 valence electrons. The Hall–Kier alpha value is -0.550. The van der Waals surface area contributed by atoms with E-state index >= 15 is 0 Å². The van der Waals surface area contributed by atoms with E-state index in [1.807, 2.05) is 18.7 Å². The molecule has 1 saturated heterocycles. The first-order valence-electron chi connectivity index (χ1n) is 7.27. The van der Waals surface area contributed by atoms with Crippen molar-refractivity contribution in [2.45, 2.75) is 51.5 Å². The number of nitrogens with one attached hydrogen (secondary N) is 1. The Kier molecular flexibility index (Phi) is 8.14. The quantitative estimate of drug-likeness (QED) is 0.493. The Labute approximate surface area is 120 Å². The Morgan fingerprint density at radius 1 is 1.26 bits per heavy atom. The second kappa shape index (κ2) is 9.37. The fourth-order valence-corrected chi connectivity index (χ4v) is 2.80. The standard InChI is InChI=1S/C14H26N2O2S/c1-3-9-16-13(17)11-12(14(16)18)15-8-6-4-5-7-10-19-2/h12,15H,3-11H2,1-2H3. The summed E-state index contributed by atoms with van der Waals surface area (Å²) in [6, 6.07) is -0.273. The molecule has 0 spiro atoms. The van der Waals surface area contributed by atoms with E-state index in [4.69, 9.17) is 0 Å². The minimum absolute atomic E-state index is 0.0238. The smallest absolute Gasteiger partial charge is 0.246 e. The first-order valence-corrected chi connectivity index (χ1v) is 8.66. The molecule has 1 aliphatic rings. The first kappa shape index (κ1) is 16.5. The molecule has 0 aromatic rings. The zero-order valence-corrected chi connectivity index (χ0v) is 12.9. The zero-order chi connectivity index (χ0) is 14.1. The highest BCUT2D eigenvalue weighted by Crippen LogP contribution is 2.13. The molecule has 4 nitrogen and oxygen atoms in total. The van der Waals surface area contributed by atoms with E-state index in [-0.39, 0.29) is 17.9 Å². The summed E-state index contributed by atoms with van der Waals surface area (Å²) in [5, 5.41) is 3.22. The Morgan fingerprint density at radius 3 is 2.68 bits per heavy atom. The van der Waals surface area contributed by atoms with Gasteiger partial charge in [-0.3, -0.25) is 14.5 Å². The van der Waals surface area contributed by atoms with Crippen molar-refractivity contribution in [3.8, 4) is 0 Å². The lowest BCUT2D eigenvalue weighted by atomic mass is 10.2. The summed E-state index contributed by atoms with van der Waals surface area (Å²) >= 11 is 1.89. The topological polar surface area (TPSA) is 49.4 Å². The molecule has 1 atom stereocenters. The molecule has 19 heavy (non-hydrogen) atoms. The molecule has 0 radical (unpaired) electrons. The van der Waals surface area contributed by atoms with Crippen LogP contribution in [0.3, 0.4) is 0 Å². The first-order chi connectivity index (χ1) is 9.20. The van der Waals surface area contributed by atoms with Crippen LogP contribution < -0.4 is 5.32 Å². The van der Waals surface area contributed by atoms with Crippen LogP contribution in [0.15, 0.2) is 0 Å². The van der Waals surface area contributed by atoms with Gasteiger partial charge in [-0.1, -0.05) is 19.8 Å². The summed E-state index contributed by atoms with van der Waals surface area (Å²) in [6.45, 7) is 3.38. The Bertz CT molecular complexity index is 297. The van der Waals surface area contributed by atoms with Crippen molar-refractivity contribution in [1.29, 1.82) is 0 Å². The van der Waals surface area contributed by atoms with E-state index in [1.54, 1.807) is 0 Å². The van der Waals surface area contributed by atoms with Crippen LogP contribution in [0.4, 0.5) is 0 Å². The molecule has 0 aromatic carbocycles. The fraction of sp³-hybridized carbons (Fsp3) is 0.857. The molecule has 1 N–H and O–H groups in total. The van der Waals surface area contributed by atoms with Crippen molar-refractivity contribution in [3.63, 3.8) is 0 Å². The van der Waals surface area contributed by atoms with Crippen molar-refractivity contribution in [2.24, 2.45) is 0 Å². The highest BCUT2D eigenvalue weighted by Gasteiger charge is 2.37. The molecule has 1 fully saturated rings. The minimum Gasteiger partial charge on any atom is -0.305 e. The molecule has 2 amide bonds. The largest absolute Gasteiger partial charge is 0.305 e. The second-order valence-corrected chi connectivity index (χ2v) is 5.99. The SMILES string of the molecule is CCCN1C(=O)CC(NCCCCCCSC)C1=O. The van der Waals surface area contributed by atoms with Crippen molar-refractivity contribution < 1.29 is 9.59 Å². The Morgan fingerprint density at radius 2 is 2.00 bits per heavy atom. The summed E-state index contributed by atoms with van der Waals surface area (Å²) in [4.78, 5) is 25.0. The molecule has 0 bridgehead atoms. The normalized spacial score (nSPS) is 19.5. The molecular formula is C14H26N2O2S. The van der Waals surface area contributed by atoms with Gasteiger partial charge in [0.1, 0.15) is 0 Å². The molecule has 0 aliphatic carbocycles. The number of imide groups is 1. The van der Waals surface area contributed by atoms with E-state index in [1.165, 1.54) is 29.9 Å². The van der Waals surface area contributed by atoms with Crippen LogP contribution in [0.1, 0.15) is 45.4 Å². The van der Waals surface area contributed by atoms with Gasteiger partial charge in [-0.2, -0.15) is 11.8 Å². The summed E-state index contributed by atoms with van der Waals surface area (Å²) in [5.41, 5.74) is 0. The van der Waals surface area contributed by atoms with Crippen LogP contribution in [0, 0.1) is 0 Å². The molecule has 1 heterocycles. The number of amides is 2. The molecule has 0 aromatic heterocycles.